The van der Waals surface area contributed by atoms with E-state index < -0.39 is 28.0 Å². The number of sulfonamides is 1. The number of hydrogen-bond acceptors (Lipinski definition) is 6. The molecule has 2 aromatic rings. The monoisotopic (exact) mass is 501 g/mol. The third-order valence-electron chi connectivity index (χ3n) is 5.78. The van der Waals surface area contributed by atoms with Crippen LogP contribution in [0.25, 0.3) is 9.75 Å². The van der Waals surface area contributed by atoms with Gasteiger partial charge in [0.25, 0.3) is 10.0 Å². The van der Waals surface area contributed by atoms with Crippen LogP contribution in [-0.2, 0) is 19.6 Å². The Bertz CT molecular complexity index is 1050. The fraction of sp³-hybridized carbons (Fsp3) is 0.500. The van der Waals surface area contributed by atoms with E-state index in [1.54, 1.807) is 17.9 Å². The quantitative estimate of drug-likeness (QED) is 0.566. The van der Waals surface area contributed by atoms with Crippen LogP contribution in [0, 0.1) is 0 Å². The van der Waals surface area contributed by atoms with Crippen molar-refractivity contribution < 1.29 is 18.0 Å². The highest BCUT2D eigenvalue weighted by molar-refractivity contribution is 7.92. The molecule has 2 aliphatic rings. The molecule has 4 heterocycles. The average molecular weight is 502 g/mol. The average Bonchev–Trinajstić information content (AvgIpc) is 3.53. The van der Waals surface area contributed by atoms with Crippen LogP contribution in [0.3, 0.4) is 0 Å². The molecule has 0 aliphatic carbocycles. The Morgan fingerprint density at radius 3 is 2.58 bits per heavy atom. The lowest BCUT2D eigenvalue weighted by Gasteiger charge is -2.33. The molecule has 0 saturated carbocycles. The summed E-state index contributed by atoms with van der Waals surface area (Å²) in [5.74, 6) is -0.511. The number of carbonyl (C=O) groups excluding carboxylic acids is 2. The number of piperidine rings is 1. The third kappa shape index (κ3) is 4.41. The lowest BCUT2D eigenvalue weighted by Crippen LogP contribution is -2.50. The third-order valence-corrected chi connectivity index (χ3v) is 10.7. The summed E-state index contributed by atoms with van der Waals surface area (Å²) in [6.07, 6.45) is 3.30. The van der Waals surface area contributed by atoms with E-state index in [4.69, 9.17) is 11.8 Å². The highest BCUT2D eigenvalue weighted by Crippen LogP contribution is 2.36. The van der Waals surface area contributed by atoms with Crippen LogP contribution in [0.1, 0.15) is 32.6 Å². The summed E-state index contributed by atoms with van der Waals surface area (Å²) in [4.78, 5) is 30.9. The normalized spacial score (nSPS) is 21.1. The zero-order valence-electron chi connectivity index (χ0n) is 17.1. The number of rotatable bonds is 6. The molecular formula is C20H24ClN3O4S3. The van der Waals surface area contributed by atoms with Gasteiger partial charge in [-0.2, -0.15) is 0 Å². The summed E-state index contributed by atoms with van der Waals surface area (Å²) in [5, 5.41) is 1.93. The van der Waals surface area contributed by atoms with Crippen LogP contribution in [0.4, 0.5) is 0 Å². The molecule has 4 rings (SSSR count). The van der Waals surface area contributed by atoms with Crippen molar-refractivity contribution >= 4 is 56.3 Å². The lowest BCUT2D eigenvalue weighted by atomic mass is 10.1. The van der Waals surface area contributed by atoms with Crippen molar-refractivity contribution in [2.24, 2.45) is 0 Å². The van der Waals surface area contributed by atoms with Crippen LogP contribution < -0.4 is 0 Å². The smallest absolute Gasteiger partial charge is 0.266 e. The predicted molar refractivity (Wildman–Crippen MR) is 123 cm³/mol. The molecule has 2 atom stereocenters. The van der Waals surface area contributed by atoms with Crippen LogP contribution in [0.2, 0.25) is 0 Å². The standard InChI is InChI=1S/C20H24ClN3O4S3/c1-14(19(25)22-10-3-2-4-11-22)23-12-9-15(20(23)26)24(21)31(27,28)18-8-7-17(30-18)16-6-5-13-29-16/h5-8,13-15H,2-4,9-12H2,1H3/t14-,15-/m0/s1. The zero-order valence-corrected chi connectivity index (χ0v) is 20.3. The molecule has 0 spiro atoms. The first-order valence-electron chi connectivity index (χ1n) is 10.2. The topological polar surface area (TPSA) is 78.0 Å². The molecule has 2 amide bonds. The van der Waals surface area contributed by atoms with E-state index >= 15 is 0 Å². The molecule has 0 N–H and O–H groups in total. The first kappa shape index (κ1) is 22.7. The van der Waals surface area contributed by atoms with E-state index in [9.17, 15) is 18.0 Å². The molecule has 2 fully saturated rings. The molecule has 31 heavy (non-hydrogen) atoms. The van der Waals surface area contributed by atoms with Crippen molar-refractivity contribution in [3.05, 3.63) is 29.6 Å². The van der Waals surface area contributed by atoms with Gasteiger partial charge in [-0.1, -0.05) is 9.89 Å². The molecular weight excluding hydrogens is 478 g/mol. The predicted octanol–water partition coefficient (Wildman–Crippen LogP) is 3.62. The number of halogens is 1. The number of carbonyl (C=O) groups is 2. The van der Waals surface area contributed by atoms with Gasteiger partial charge in [0.2, 0.25) is 11.8 Å². The second-order valence-corrected chi connectivity index (χ2v) is 12.4. The molecule has 0 bridgehead atoms. The van der Waals surface area contributed by atoms with Crippen molar-refractivity contribution in [3.8, 4) is 9.75 Å². The first-order chi connectivity index (χ1) is 14.8. The Kier molecular flexibility index (Phi) is 6.73. The van der Waals surface area contributed by atoms with Gasteiger partial charge < -0.3 is 9.80 Å². The molecule has 11 heteroatoms. The summed E-state index contributed by atoms with van der Waals surface area (Å²) in [7, 11) is -4.04. The van der Waals surface area contributed by atoms with E-state index in [0.29, 0.717) is 23.5 Å². The minimum absolute atomic E-state index is 0.0865. The van der Waals surface area contributed by atoms with Gasteiger partial charge in [0.1, 0.15) is 16.3 Å². The molecule has 0 aromatic carbocycles. The van der Waals surface area contributed by atoms with Gasteiger partial charge in [-0.15, -0.1) is 22.7 Å². The molecule has 2 aliphatic heterocycles. The fourth-order valence-corrected chi connectivity index (χ4v) is 8.01. The highest BCUT2D eigenvalue weighted by Gasteiger charge is 2.45. The van der Waals surface area contributed by atoms with Crippen molar-refractivity contribution in [1.82, 2.24) is 13.6 Å². The maximum atomic E-state index is 13.1. The first-order valence-corrected chi connectivity index (χ1v) is 13.7. The molecule has 168 valence electrons. The summed E-state index contributed by atoms with van der Waals surface area (Å²) in [5.41, 5.74) is 0. The number of thiophene rings is 2. The molecule has 7 nitrogen and oxygen atoms in total. The second-order valence-electron chi connectivity index (χ2n) is 7.74. The van der Waals surface area contributed by atoms with Crippen LogP contribution >= 0.6 is 34.5 Å². The minimum atomic E-state index is -4.04. The van der Waals surface area contributed by atoms with Crippen LogP contribution in [-0.4, -0.2) is 65.6 Å². The Balaban J connectivity index is 1.47. The largest absolute Gasteiger partial charge is 0.341 e. The van der Waals surface area contributed by atoms with E-state index in [0.717, 1.165) is 40.4 Å². The maximum Gasteiger partial charge on any atom is 0.266 e. The Morgan fingerprint density at radius 2 is 1.90 bits per heavy atom. The van der Waals surface area contributed by atoms with Crippen molar-refractivity contribution in [2.45, 2.75) is 48.9 Å². The Hall–Kier alpha value is -1.46. The number of nitrogens with zero attached hydrogens (tertiary/aromatic N) is 3. The van der Waals surface area contributed by atoms with Crippen LogP contribution in [0.5, 0.6) is 0 Å². The maximum absolute atomic E-state index is 13.1. The minimum Gasteiger partial charge on any atom is -0.341 e. The van der Waals surface area contributed by atoms with E-state index in [-0.39, 0.29) is 16.5 Å². The van der Waals surface area contributed by atoms with E-state index in [2.05, 4.69) is 0 Å². The second kappa shape index (κ2) is 9.19. The zero-order chi connectivity index (χ0) is 22.2. The van der Waals surface area contributed by atoms with Crippen molar-refractivity contribution in [2.75, 3.05) is 19.6 Å². The van der Waals surface area contributed by atoms with Crippen LogP contribution in [0.15, 0.2) is 33.9 Å². The number of hydrogen-bond donors (Lipinski definition) is 0. The summed E-state index contributed by atoms with van der Waals surface area (Å²) < 4.78 is 26.9. The van der Waals surface area contributed by atoms with E-state index in [1.165, 1.54) is 22.3 Å². The van der Waals surface area contributed by atoms with Crippen molar-refractivity contribution in [1.29, 1.82) is 0 Å². The van der Waals surface area contributed by atoms with Gasteiger partial charge in [0, 0.05) is 29.4 Å². The molecule has 0 radical (unpaired) electrons. The van der Waals surface area contributed by atoms with Gasteiger partial charge in [0.15, 0.2) is 0 Å². The highest BCUT2D eigenvalue weighted by atomic mass is 35.5. The van der Waals surface area contributed by atoms with Crippen molar-refractivity contribution in [3.63, 3.8) is 0 Å². The SMILES string of the molecule is C[C@@H](C(=O)N1CCCCC1)N1CC[C@H](N(Cl)S(=O)(=O)c2ccc(-c3cccs3)s2)C1=O. The van der Waals surface area contributed by atoms with Gasteiger partial charge in [0.05, 0.1) is 0 Å². The fourth-order valence-electron chi connectivity index (χ4n) is 4.03. The lowest BCUT2D eigenvalue weighted by molar-refractivity contribution is -0.144. The number of likely N-dealkylation sites (tertiary alicyclic amines) is 2. The Morgan fingerprint density at radius 1 is 1.16 bits per heavy atom. The number of amides is 2. The Labute approximate surface area is 195 Å². The molecule has 0 unspecified atom stereocenters. The van der Waals surface area contributed by atoms with E-state index in [1.807, 2.05) is 17.5 Å². The summed E-state index contributed by atoms with van der Waals surface area (Å²) >= 11 is 8.90. The molecule has 2 aromatic heterocycles. The van der Waals surface area contributed by atoms with Gasteiger partial charge in [-0.25, -0.2) is 8.42 Å². The summed E-state index contributed by atoms with van der Waals surface area (Å²) in [6, 6.07) is 5.44. The van der Waals surface area contributed by atoms with Gasteiger partial charge >= 0.3 is 0 Å². The van der Waals surface area contributed by atoms with Gasteiger partial charge in [-0.05, 0) is 68.0 Å². The molecule has 2 saturated heterocycles. The van der Waals surface area contributed by atoms with Gasteiger partial charge in [-0.3, -0.25) is 9.59 Å². The summed E-state index contributed by atoms with van der Waals surface area (Å²) in [6.45, 7) is 3.41.